The zero-order chi connectivity index (χ0) is 16.2. The fourth-order valence-corrected chi connectivity index (χ4v) is 2.93. The van der Waals surface area contributed by atoms with Gasteiger partial charge in [0.05, 0.1) is 0 Å². The molecular weight excluding hydrogens is 288 g/mol. The number of anilines is 1. The van der Waals surface area contributed by atoms with Crippen molar-refractivity contribution >= 4 is 11.5 Å². The van der Waals surface area contributed by atoms with Crippen LogP contribution in [0.2, 0.25) is 0 Å². The number of hydrogen-bond donors (Lipinski definition) is 1. The van der Waals surface area contributed by atoms with Crippen molar-refractivity contribution in [2.45, 2.75) is 13.5 Å². The lowest BCUT2D eigenvalue weighted by Gasteiger charge is -2.36. The summed E-state index contributed by atoms with van der Waals surface area (Å²) in [5, 5.41) is 9.34. The highest BCUT2D eigenvalue weighted by Crippen LogP contribution is 2.19. The minimum absolute atomic E-state index is 0.107. The van der Waals surface area contributed by atoms with Crippen molar-refractivity contribution in [1.29, 1.82) is 0 Å². The molecule has 0 unspecified atom stereocenters. The van der Waals surface area contributed by atoms with Gasteiger partial charge in [-0.1, -0.05) is 12.1 Å². The van der Waals surface area contributed by atoms with Crippen molar-refractivity contribution in [1.82, 2.24) is 4.90 Å². The first-order chi connectivity index (χ1) is 11.1. The molecule has 0 amide bonds. The van der Waals surface area contributed by atoms with Gasteiger partial charge in [0.15, 0.2) is 5.78 Å². The molecule has 1 aliphatic heterocycles. The predicted molar refractivity (Wildman–Crippen MR) is 92.0 cm³/mol. The molecule has 0 atom stereocenters. The van der Waals surface area contributed by atoms with Crippen molar-refractivity contribution in [2.24, 2.45) is 0 Å². The van der Waals surface area contributed by atoms with Crippen molar-refractivity contribution < 1.29 is 9.90 Å². The Morgan fingerprint density at radius 2 is 1.57 bits per heavy atom. The first-order valence-electron chi connectivity index (χ1n) is 7.98. The van der Waals surface area contributed by atoms with Crippen LogP contribution in [0.15, 0.2) is 48.5 Å². The number of rotatable bonds is 4. The van der Waals surface area contributed by atoms with E-state index in [-0.39, 0.29) is 5.78 Å². The molecule has 4 heteroatoms. The summed E-state index contributed by atoms with van der Waals surface area (Å²) >= 11 is 0. The Bertz CT molecular complexity index is 657. The van der Waals surface area contributed by atoms with E-state index in [0.29, 0.717) is 5.75 Å². The van der Waals surface area contributed by atoms with Crippen LogP contribution >= 0.6 is 0 Å². The lowest BCUT2D eigenvalue weighted by molar-refractivity contribution is 0.101. The van der Waals surface area contributed by atoms with Gasteiger partial charge in [0.25, 0.3) is 0 Å². The second kappa shape index (κ2) is 6.84. The summed E-state index contributed by atoms with van der Waals surface area (Å²) < 4.78 is 0. The van der Waals surface area contributed by atoms with Gasteiger partial charge in [-0.2, -0.15) is 0 Å². The maximum Gasteiger partial charge on any atom is 0.159 e. The Kier molecular flexibility index (Phi) is 4.63. The molecule has 1 N–H and O–H groups in total. The molecule has 2 aromatic rings. The van der Waals surface area contributed by atoms with E-state index >= 15 is 0 Å². The quantitative estimate of drug-likeness (QED) is 0.882. The Hall–Kier alpha value is -2.33. The van der Waals surface area contributed by atoms with Crippen LogP contribution in [0, 0.1) is 0 Å². The first-order valence-corrected chi connectivity index (χ1v) is 7.98. The highest BCUT2D eigenvalue weighted by Gasteiger charge is 2.17. The average molecular weight is 310 g/mol. The van der Waals surface area contributed by atoms with Gasteiger partial charge in [-0.15, -0.1) is 0 Å². The molecule has 1 heterocycles. The third-order valence-electron chi connectivity index (χ3n) is 4.35. The monoisotopic (exact) mass is 310 g/mol. The van der Waals surface area contributed by atoms with E-state index in [1.165, 1.54) is 11.3 Å². The number of ketones is 1. The molecular formula is C19H22N2O2. The summed E-state index contributed by atoms with van der Waals surface area (Å²) in [6, 6.07) is 15.3. The van der Waals surface area contributed by atoms with Gasteiger partial charge >= 0.3 is 0 Å². The number of Topliss-reactive ketones (excluding diaryl/α,β-unsaturated/α-hetero) is 1. The molecule has 120 valence electrons. The molecule has 4 nitrogen and oxygen atoms in total. The molecule has 1 aliphatic rings. The number of piperazine rings is 1. The number of nitrogens with zero attached hydrogens (tertiary/aromatic N) is 2. The van der Waals surface area contributed by atoms with Gasteiger partial charge in [0, 0.05) is 44.0 Å². The molecule has 0 radical (unpaired) electrons. The van der Waals surface area contributed by atoms with Crippen molar-refractivity contribution in [3.63, 3.8) is 0 Å². The second-order valence-electron chi connectivity index (χ2n) is 6.03. The Morgan fingerprint density at radius 1 is 0.957 bits per heavy atom. The third kappa shape index (κ3) is 3.90. The van der Waals surface area contributed by atoms with Crippen LogP contribution in [0.1, 0.15) is 22.8 Å². The zero-order valence-corrected chi connectivity index (χ0v) is 13.4. The van der Waals surface area contributed by atoms with Gasteiger partial charge in [-0.05, 0) is 48.9 Å². The van der Waals surface area contributed by atoms with Crippen molar-refractivity contribution in [2.75, 3.05) is 31.1 Å². The molecule has 0 aromatic heterocycles. The third-order valence-corrected chi connectivity index (χ3v) is 4.35. The normalized spacial score (nSPS) is 15.6. The number of hydrogen-bond acceptors (Lipinski definition) is 4. The van der Waals surface area contributed by atoms with E-state index in [9.17, 15) is 9.90 Å². The Morgan fingerprint density at radius 3 is 2.13 bits per heavy atom. The topological polar surface area (TPSA) is 43.8 Å². The maximum atomic E-state index is 11.3. The van der Waals surface area contributed by atoms with E-state index in [0.717, 1.165) is 38.3 Å². The minimum Gasteiger partial charge on any atom is -0.508 e. The smallest absolute Gasteiger partial charge is 0.159 e. The fourth-order valence-electron chi connectivity index (χ4n) is 2.93. The summed E-state index contributed by atoms with van der Waals surface area (Å²) in [4.78, 5) is 16.1. The van der Waals surface area contributed by atoms with E-state index in [4.69, 9.17) is 0 Å². The van der Waals surface area contributed by atoms with E-state index in [1.807, 2.05) is 36.4 Å². The van der Waals surface area contributed by atoms with Crippen LogP contribution in [0.3, 0.4) is 0 Å². The molecule has 0 aliphatic carbocycles. The largest absolute Gasteiger partial charge is 0.508 e. The van der Waals surface area contributed by atoms with Crippen LogP contribution in [-0.2, 0) is 6.54 Å². The highest BCUT2D eigenvalue weighted by molar-refractivity contribution is 5.94. The van der Waals surface area contributed by atoms with Crippen molar-refractivity contribution in [3.05, 3.63) is 59.7 Å². The number of carbonyl (C=O) groups is 1. The lowest BCUT2D eigenvalue weighted by Crippen LogP contribution is -2.45. The first kappa shape index (κ1) is 15.6. The van der Waals surface area contributed by atoms with Crippen LogP contribution < -0.4 is 4.90 Å². The summed E-state index contributed by atoms with van der Waals surface area (Å²) in [5.74, 6) is 0.419. The predicted octanol–water partition coefficient (Wildman–Crippen LogP) is 2.92. The molecule has 1 fully saturated rings. The summed E-state index contributed by atoms with van der Waals surface area (Å²) in [6.07, 6.45) is 0. The SMILES string of the molecule is CC(=O)c1ccc(N2CCN(Cc3ccc(O)cc3)CC2)cc1. The highest BCUT2D eigenvalue weighted by atomic mass is 16.3. The molecule has 0 bridgehead atoms. The van der Waals surface area contributed by atoms with E-state index < -0.39 is 0 Å². The van der Waals surface area contributed by atoms with Crippen molar-refractivity contribution in [3.8, 4) is 5.75 Å². The van der Waals surface area contributed by atoms with Gasteiger partial charge in [0.2, 0.25) is 0 Å². The van der Waals surface area contributed by atoms with Crippen LogP contribution in [0.5, 0.6) is 5.75 Å². The number of phenols is 1. The van der Waals surface area contributed by atoms with Gasteiger partial charge in [-0.3, -0.25) is 9.69 Å². The maximum absolute atomic E-state index is 11.3. The lowest BCUT2D eigenvalue weighted by atomic mass is 10.1. The molecule has 0 spiro atoms. The molecule has 1 saturated heterocycles. The van der Waals surface area contributed by atoms with E-state index in [1.54, 1.807) is 19.1 Å². The number of phenolic OH excluding ortho intramolecular Hbond substituents is 1. The van der Waals surface area contributed by atoms with Crippen LogP contribution in [0.4, 0.5) is 5.69 Å². The van der Waals surface area contributed by atoms with Crippen LogP contribution in [-0.4, -0.2) is 42.0 Å². The Balaban J connectivity index is 1.55. The van der Waals surface area contributed by atoms with Gasteiger partial charge < -0.3 is 10.0 Å². The molecule has 0 saturated carbocycles. The number of carbonyl (C=O) groups excluding carboxylic acids is 1. The minimum atomic E-state index is 0.107. The standard InChI is InChI=1S/C19H22N2O2/c1-15(22)17-4-6-18(7-5-17)21-12-10-20(11-13-21)14-16-2-8-19(23)9-3-16/h2-9,23H,10-14H2,1H3. The van der Waals surface area contributed by atoms with Gasteiger partial charge in [0.1, 0.15) is 5.75 Å². The second-order valence-corrected chi connectivity index (χ2v) is 6.03. The molecule has 23 heavy (non-hydrogen) atoms. The Labute approximate surface area is 137 Å². The van der Waals surface area contributed by atoms with E-state index in [2.05, 4.69) is 9.80 Å². The number of benzene rings is 2. The summed E-state index contributed by atoms with van der Waals surface area (Å²) in [5.41, 5.74) is 3.17. The van der Waals surface area contributed by atoms with Crippen LogP contribution in [0.25, 0.3) is 0 Å². The zero-order valence-electron chi connectivity index (χ0n) is 13.4. The summed E-state index contributed by atoms with van der Waals surface area (Å²) in [7, 11) is 0. The summed E-state index contributed by atoms with van der Waals surface area (Å²) in [6.45, 7) is 6.49. The fraction of sp³-hybridized carbons (Fsp3) is 0.316. The number of aromatic hydroxyl groups is 1. The van der Waals surface area contributed by atoms with Gasteiger partial charge in [-0.25, -0.2) is 0 Å². The molecule has 2 aromatic carbocycles. The molecule has 3 rings (SSSR count). The average Bonchev–Trinajstić information content (AvgIpc) is 2.58.